The minimum atomic E-state index is -0.419. The van der Waals surface area contributed by atoms with E-state index in [4.69, 9.17) is 0 Å². The fraction of sp³-hybridized carbons (Fsp3) is 0.688. The molecular formula is C16H24N4O2. The van der Waals surface area contributed by atoms with Gasteiger partial charge in [0.1, 0.15) is 0 Å². The zero-order chi connectivity index (χ0) is 15.8. The Balaban J connectivity index is 1.72. The predicted molar refractivity (Wildman–Crippen MR) is 83.4 cm³/mol. The number of likely N-dealkylation sites (tertiary alicyclic amines) is 1. The highest BCUT2D eigenvalue weighted by molar-refractivity contribution is 5.74. The van der Waals surface area contributed by atoms with Gasteiger partial charge in [-0.2, -0.15) is 0 Å². The molecule has 2 aliphatic rings. The largest absolute Gasteiger partial charge is 0.394 e. The predicted octanol–water partition coefficient (Wildman–Crippen LogP) is 1.07. The summed E-state index contributed by atoms with van der Waals surface area (Å²) in [4.78, 5) is 24.6. The molecule has 0 bridgehead atoms. The van der Waals surface area contributed by atoms with Crippen LogP contribution in [-0.4, -0.2) is 57.7 Å². The summed E-state index contributed by atoms with van der Waals surface area (Å²) in [5, 5.41) is 9.76. The average Bonchev–Trinajstić information content (AvgIpc) is 2.83. The van der Waals surface area contributed by atoms with Crippen molar-refractivity contribution in [2.24, 2.45) is 5.41 Å². The minimum absolute atomic E-state index is 0.0276. The number of anilines is 1. The van der Waals surface area contributed by atoms with E-state index in [9.17, 15) is 9.90 Å². The topological polar surface area (TPSA) is 69.6 Å². The number of carbonyl (C=O) groups excluding carboxylic acids is 1. The van der Waals surface area contributed by atoms with Crippen molar-refractivity contribution < 1.29 is 9.90 Å². The summed E-state index contributed by atoms with van der Waals surface area (Å²) < 4.78 is 0. The Kier molecular flexibility index (Phi) is 3.80. The highest BCUT2D eigenvalue weighted by atomic mass is 16.3. The highest BCUT2D eigenvalue weighted by Crippen LogP contribution is 2.48. The SMILES string of the molecule is CC(=O)N1CC2(CCN(c3ncccn3)CC2)C[C@@]1(C)CO. The molecule has 3 heterocycles. The fourth-order valence-electron chi connectivity index (χ4n) is 4.09. The molecule has 22 heavy (non-hydrogen) atoms. The van der Waals surface area contributed by atoms with Crippen LogP contribution in [0.1, 0.15) is 33.1 Å². The van der Waals surface area contributed by atoms with Crippen LogP contribution in [0.4, 0.5) is 5.95 Å². The van der Waals surface area contributed by atoms with Gasteiger partial charge in [-0.25, -0.2) is 9.97 Å². The lowest BCUT2D eigenvalue weighted by Gasteiger charge is -2.39. The molecule has 0 radical (unpaired) electrons. The van der Waals surface area contributed by atoms with Crippen LogP contribution in [0.5, 0.6) is 0 Å². The molecule has 1 aromatic rings. The van der Waals surface area contributed by atoms with Crippen LogP contribution < -0.4 is 4.90 Å². The number of amides is 1. The Morgan fingerprint density at radius 3 is 2.45 bits per heavy atom. The molecule has 0 aromatic carbocycles. The van der Waals surface area contributed by atoms with Crippen LogP contribution in [0.3, 0.4) is 0 Å². The van der Waals surface area contributed by atoms with E-state index in [1.807, 2.05) is 17.9 Å². The first-order valence-corrected chi connectivity index (χ1v) is 7.89. The Morgan fingerprint density at radius 1 is 1.32 bits per heavy atom. The van der Waals surface area contributed by atoms with Gasteiger partial charge in [0.05, 0.1) is 12.1 Å². The molecule has 1 spiro atoms. The number of rotatable bonds is 2. The second kappa shape index (κ2) is 5.50. The lowest BCUT2D eigenvalue weighted by atomic mass is 9.74. The molecule has 6 nitrogen and oxygen atoms in total. The third-order valence-electron chi connectivity index (χ3n) is 5.28. The molecule has 2 saturated heterocycles. The maximum absolute atomic E-state index is 11.9. The number of aliphatic hydroxyl groups excluding tert-OH is 1. The zero-order valence-corrected chi connectivity index (χ0v) is 13.3. The zero-order valence-electron chi connectivity index (χ0n) is 13.3. The maximum atomic E-state index is 11.9. The fourth-order valence-corrected chi connectivity index (χ4v) is 4.09. The van der Waals surface area contributed by atoms with Crippen molar-refractivity contribution >= 4 is 11.9 Å². The number of hydrogen-bond donors (Lipinski definition) is 1. The molecule has 1 aromatic heterocycles. The molecule has 1 N–H and O–H groups in total. The van der Waals surface area contributed by atoms with E-state index in [1.54, 1.807) is 19.3 Å². The minimum Gasteiger partial charge on any atom is -0.394 e. The van der Waals surface area contributed by atoms with Crippen molar-refractivity contribution in [1.29, 1.82) is 0 Å². The summed E-state index contributed by atoms with van der Waals surface area (Å²) in [5.41, 5.74) is -0.300. The Hall–Kier alpha value is -1.69. The normalized spacial score (nSPS) is 27.4. The van der Waals surface area contributed by atoms with Crippen LogP contribution in [0.2, 0.25) is 0 Å². The van der Waals surface area contributed by atoms with Gasteiger partial charge in [-0.3, -0.25) is 4.79 Å². The number of aromatic nitrogens is 2. The van der Waals surface area contributed by atoms with Crippen molar-refractivity contribution in [2.75, 3.05) is 31.1 Å². The van der Waals surface area contributed by atoms with Crippen LogP contribution in [-0.2, 0) is 4.79 Å². The molecule has 2 aliphatic heterocycles. The van der Waals surface area contributed by atoms with E-state index in [1.165, 1.54) is 0 Å². The summed E-state index contributed by atoms with van der Waals surface area (Å²) >= 11 is 0. The standard InChI is InChI=1S/C16H24N4O2/c1-13(22)20-11-16(10-15(20,2)12-21)4-8-19(9-5-16)14-17-6-3-7-18-14/h3,6-7,21H,4-5,8-12H2,1-2H3/t15-/m0/s1. The van der Waals surface area contributed by atoms with Crippen LogP contribution in [0, 0.1) is 5.41 Å². The van der Waals surface area contributed by atoms with E-state index in [-0.39, 0.29) is 17.9 Å². The summed E-state index contributed by atoms with van der Waals surface area (Å²) in [7, 11) is 0. The third kappa shape index (κ3) is 2.56. The Labute approximate surface area is 131 Å². The van der Waals surface area contributed by atoms with Crippen molar-refractivity contribution in [3.05, 3.63) is 18.5 Å². The lowest BCUT2D eigenvalue weighted by Crippen LogP contribution is -2.46. The second-order valence-corrected chi connectivity index (χ2v) is 6.97. The molecule has 0 aliphatic carbocycles. The molecule has 6 heteroatoms. The molecular weight excluding hydrogens is 280 g/mol. The number of carbonyl (C=O) groups is 1. The summed E-state index contributed by atoms with van der Waals surface area (Å²) in [6.45, 7) is 6.17. The monoisotopic (exact) mass is 304 g/mol. The van der Waals surface area contributed by atoms with Gasteiger partial charge in [-0.15, -0.1) is 0 Å². The maximum Gasteiger partial charge on any atom is 0.225 e. The van der Waals surface area contributed by atoms with Gasteiger partial charge in [-0.05, 0) is 37.7 Å². The van der Waals surface area contributed by atoms with E-state index in [0.717, 1.165) is 44.8 Å². The molecule has 3 rings (SSSR count). The van der Waals surface area contributed by atoms with Crippen LogP contribution in [0.15, 0.2) is 18.5 Å². The van der Waals surface area contributed by atoms with E-state index in [0.29, 0.717) is 0 Å². The Morgan fingerprint density at radius 2 is 1.95 bits per heavy atom. The van der Waals surface area contributed by atoms with Gasteiger partial charge in [0.2, 0.25) is 11.9 Å². The molecule has 0 saturated carbocycles. The van der Waals surface area contributed by atoms with Crippen molar-refractivity contribution in [1.82, 2.24) is 14.9 Å². The summed E-state index contributed by atoms with van der Waals surface area (Å²) in [5.74, 6) is 0.839. The van der Waals surface area contributed by atoms with E-state index < -0.39 is 5.54 Å². The number of piperidine rings is 1. The number of hydrogen-bond acceptors (Lipinski definition) is 5. The molecule has 120 valence electrons. The summed E-state index contributed by atoms with van der Waals surface area (Å²) in [6.07, 6.45) is 6.42. The smallest absolute Gasteiger partial charge is 0.225 e. The van der Waals surface area contributed by atoms with Crippen molar-refractivity contribution in [3.8, 4) is 0 Å². The highest BCUT2D eigenvalue weighted by Gasteiger charge is 2.52. The van der Waals surface area contributed by atoms with Gasteiger partial charge < -0.3 is 14.9 Å². The molecule has 1 amide bonds. The van der Waals surface area contributed by atoms with E-state index >= 15 is 0 Å². The van der Waals surface area contributed by atoms with Crippen molar-refractivity contribution in [3.63, 3.8) is 0 Å². The Bertz CT molecular complexity index is 542. The third-order valence-corrected chi connectivity index (χ3v) is 5.28. The first-order valence-electron chi connectivity index (χ1n) is 7.89. The van der Waals surface area contributed by atoms with Gasteiger partial charge in [0.25, 0.3) is 0 Å². The van der Waals surface area contributed by atoms with Crippen LogP contribution in [0.25, 0.3) is 0 Å². The lowest BCUT2D eigenvalue weighted by molar-refractivity contribution is -0.133. The molecule has 2 fully saturated rings. The number of nitrogens with zero attached hydrogens (tertiary/aromatic N) is 4. The first kappa shape index (κ1) is 15.2. The molecule has 1 atom stereocenters. The number of aliphatic hydroxyl groups is 1. The van der Waals surface area contributed by atoms with Gasteiger partial charge in [0, 0.05) is 39.0 Å². The van der Waals surface area contributed by atoms with Crippen LogP contribution >= 0.6 is 0 Å². The van der Waals surface area contributed by atoms with Crippen molar-refractivity contribution in [2.45, 2.75) is 38.6 Å². The van der Waals surface area contributed by atoms with Gasteiger partial charge in [-0.1, -0.05) is 0 Å². The van der Waals surface area contributed by atoms with Gasteiger partial charge in [0.15, 0.2) is 0 Å². The quantitative estimate of drug-likeness (QED) is 0.885. The first-order chi connectivity index (χ1) is 10.5. The molecule has 0 unspecified atom stereocenters. The van der Waals surface area contributed by atoms with E-state index in [2.05, 4.69) is 14.9 Å². The average molecular weight is 304 g/mol. The van der Waals surface area contributed by atoms with Gasteiger partial charge >= 0.3 is 0 Å². The summed E-state index contributed by atoms with van der Waals surface area (Å²) in [6, 6.07) is 1.82. The second-order valence-electron chi connectivity index (χ2n) is 6.97.